The van der Waals surface area contributed by atoms with Crippen LogP contribution in [0.1, 0.15) is 27.5 Å². The van der Waals surface area contributed by atoms with Gasteiger partial charge >= 0.3 is 0 Å². The van der Waals surface area contributed by atoms with Crippen molar-refractivity contribution in [2.75, 3.05) is 4.90 Å². The third-order valence-electron chi connectivity index (χ3n) is 5.37. The van der Waals surface area contributed by atoms with Crippen molar-refractivity contribution in [1.82, 2.24) is 4.98 Å². The van der Waals surface area contributed by atoms with Crippen LogP contribution in [-0.2, 0) is 4.79 Å². The SMILES string of the molecule is Cc1ccc(C(=O)C2=C(O)C(=O)N(c3nc4ccccc4s3)C2c2ccccc2)cc1. The van der Waals surface area contributed by atoms with E-state index in [1.54, 1.807) is 12.1 Å². The molecule has 1 amide bonds. The Balaban J connectivity index is 1.67. The summed E-state index contributed by atoms with van der Waals surface area (Å²) in [5, 5.41) is 11.3. The molecule has 0 fully saturated rings. The molecule has 0 radical (unpaired) electrons. The van der Waals surface area contributed by atoms with Crippen molar-refractivity contribution < 1.29 is 14.7 Å². The van der Waals surface area contributed by atoms with Crippen LogP contribution in [0, 0.1) is 6.92 Å². The third kappa shape index (κ3) is 3.21. The number of benzene rings is 3. The van der Waals surface area contributed by atoms with E-state index in [9.17, 15) is 14.7 Å². The average Bonchev–Trinajstić information content (AvgIpc) is 3.33. The van der Waals surface area contributed by atoms with Crippen LogP contribution in [0.5, 0.6) is 0 Å². The number of hydrogen-bond donors (Lipinski definition) is 1. The molecule has 5 rings (SSSR count). The number of aliphatic hydroxyl groups is 1. The molecule has 1 atom stereocenters. The molecule has 0 bridgehead atoms. The largest absolute Gasteiger partial charge is 0.503 e. The fourth-order valence-electron chi connectivity index (χ4n) is 3.81. The summed E-state index contributed by atoms with van der Waals surface area (Å²) in [5.41, 5.74) is 3.01. The molecule has 0 aliphatic carbocycles. The first-order valence-electron chi connectivity index (χ1n) is 9.83. The molecular formula is C25H18N2O3S. The Hall–Kier alpha value is -3.77. The van der Waals surface area contributed by atoms with Gasteiger partial charge in [-0.15, -0.1) is 0 Å². The van der Waals surface area contributed by atoms with E-state index in [0.29, 0.717) is 10.7 Å². The van der Waals surface area contributed by atoms with E-state index in [1.807, 2.05) is 73.7 Å². The van der Waals surface area contributed by atoms with Crippen molar-refractivity contribution in [2.24, 2.45) is 0 Å². The van der Waals surface area contributed by atoms with Crippen molar-refractivity contribution in [3.8, 4) is 0 Å². The van der Waals surface area contributed by atoms with Crippen LogP contribution < -0.4 is 4.90 Å². The number of aliphatic hydroxyl groups excluding tert-OH is 1. The minimum atomic E-state index is -0.761. The van der Waals surface area contributed by atoms with E-state index >= 15 is 0 Å². The number of Topliss-reactive ketones (excluding diaryl/α,β-unsaturated/α-hetero) is 1. The maximum Gasteiger partial charge on any atom is 0.296 e. The lowest BCUT2D eigenvalue weighted by Gasteiger charge is -2.24. The van der Waals surface area contributed by atoms with Gasteiger partial charge in [0.1, 0.15) is 0 Å². The first-order valence-corrected chi connectivity index (χ1v) is 10.6. The molecule has 0 spiro atoms. The lowest BCUT2D eigenvalue weighted by atomic mass is 9.92. The number of nitrogens with zero attached hydrogens (tertiary/aromatic N) is 2. The summed E-state index contributed by atoms with van der Waals surface area (Å²) in [6.45, 7) is 1.94. The minimum Gasteiger partial charge on any atom is -0.503 e. The zero-order chi connectivity index (χ0) is 21.5. The van der Waals surface area contributed by atoms with Crippen molar-refractivity contribution in [2.45, 2.75) is 13.0 Å². The second-order valence-corrected chi connectivity index (χ2v) is 8.42. The van der Waals surface area contributed by atoms with Gasteiger partial charge in [-0.2, -0.15) is 0 Å². The van der Waals surface area contributed by atoms with E-state index in [0.717, 1.165) is 21.3 Å². The molecule has 0 saturated carbocycles. The van der Waals surface area contributed by atoms with Gasteiger partial charge in [-0.3, -0.25) is 14.5 Å². The molecule has 31 heavy (non-hydrogen) atoms. The molecule has 1 unspecified atom stereocenters. The molecular weight excluding hydrogens is 408 g/mol. The lowest BCUT2D eigenvalue weighted by molar-refractivity contribution is -0.117. The Morgan fingerprint density at radius 3 is 2.35 bits per heavy atom. The summed E-state index contributed by atoms with van der Waals surface area (Å²) in [6.07, 6.45) is 0. The number of thiazole rings is 1. The molecule has 2 heterocycles. The van der Waals surface area contributed by atoms with Crippen LogP contribution in [0.2, 0.25) is 0 Å². The molecule has 152 valence electrons. The smallest absolute Gasteiger partial charge is 0.296 e. The Morgan fingerprint density at radius 1 is 0.968 bits per heavy atom. The number of para-hydroxylation sites is 1. The van der Waals surface area contributed by atoms with Gasteiger partial charge in [-0.1, -0.05) is 83.6 Å². The number of anilines is 1. The standard InChI is InChI=1S/C25H18N2O3S/c1-15-11-13-17(14-12-15)22(28)20-21(16-7-3-2-4-8-16)27(24(30)23(20)29)25-26-18-9-5-6-10-19(18)31-25/h2-14,21,29H,1H3. The van der Waals surface area contributed by atoms with Crippen LogP contribution in [0.15, 0.2) is 90.2 Å². The highest BCUT2D eigenvalue weighted by molar-refractivity contribution is 7.22. The second kappa shape index (κ2) is 7.49. The number of carbonyl (C=O) groups is 2. The second-order valence-electron chi connectivity index (χ2n) is 7.41. The molecule has 0 saturated heterocycles. The van der Waals surface area contributed by atoms with Crippen molar-refractivity contribution in [3.63, 3.8) is 0 Å². The molecule has 3 aromatic carbocycles. The van der Waals surface area contributed by atoms with E-state index in [1.165, 1.54) is 16.2 Å². The molecule has 5 nitrogen and oxygen atoms in total. The van der Waals surface area contributed by atoms with Gasteiger partial charge in [0.25, 0.3) is 5.91 Å². The van der Waals surface area contributed by atoms with Crippen LogP contribution >= 0.6 is 11.3 Å². The Labute approximate surface area is 182 Å². The zero-order valence-electron chi connectivity index (χ0n) is 16.6. The normalized spacial score (nSPS) is 16.4. The molecule has 6 heteroatoms. The number of rotatable bonds is 4. The molecule has 1 aliphatic rings. The molecule has 1 aromatic heterocycles. The highest BCUT2D eigenvalue weighted by Gasteiger charge is 2.45. The van der Waals surface area contributed by atoms with E-state index in [4.69, 9.17) is 0 Å². The van der Waals surface area contributed by atoms with Crippen LogP contribution in [-0.4, -0.2) is 21.8 Å². The van der Waals surface area contributed by atoms with Gasteiger partial charge in [-0.05, 0) is 24.6 Å². The molecule has 1 N–H and O–H groups in total. The fraction of sp³-hybridized carbons (Fsp3) is 0.0800. The summed E-state index contributed by atoms with van der Waals surface area (Å²) >= 11 is 1.36. The van der Waals surface area contributed by atoms with Crippen molar-refractivity contribution in [1.29, 1.82) is 0 Å². The van der Waals surface area contributed by atoms with Gasteiger partial charge in [0.2, 0.25) is 0 Å². The third-order valence-corrected chi connectivity index (χ3v) is 6.41. The average molecular weight is 426 g/mol. The van der Waals surface area contributed by atoms with Crippen LogP contribution in [0.4, 0.5) is 5.13 Å². The number of aryl methyl sites for hydroxylation is 1. The van der Waals surface area contributed by atoms with Crippen LogP contribution in [0.3, 0.4) is 0 Å². The Morgan fingerprint density at radius 2 is 1.65 bits per heavy atom. The first kappa shape index (κ1) is 19.2. The summed E-state index contributed by atoms with van der Waals surface area (Å²) in [4.78, 5) is 32.7. The Kier molecular flexibility index (Phi) is 4.64. The van der Waals surface area contributed by atoms with E-state index in [2.05, 4.69) is 4.98 Å². The summed E-state index contributed by atoms with van der Waals surface area (Å²) < 4.78 is 0.926. The maximum atomic E-state index is 13.4. The van der Waals surface area contributed by atoms with Crippen molar-refractivity contribution in [3.05, 3.63) is 107 Å². The predicted molar refractivity (Wildman–Crippen MR) is 121 cm³/mol. The van der Waals surface area contributed by atoms with E-state index in [-0.39, 0.29) is 11.4 Å². The summed E-state index contributed by atoms with van der Waals surface area (Å²) in [5.74, 6) is -1.52. The lowest BCUT2D eigenvalue weighted by Crippen LogP contribution is -2.30. The zero-order valence-corrected chi connectivity index (χ0v) is 17.5. The first-order chi connectivity index (χ1) is 15.0. The molecule has 4 aromatic rings. The topological polar surface area (TPSA) is 70.5 Å². The van der Waals surface area contributed by atoms with Gasteiger partial charge in [0.05, 0.1) is 21.8 Å². The van der Waals surface area contributed by atoms with Crippen molar-refractivity contribution >= 4 is 38.4 Å². The number of ketones is 1. The predicted octanol–water partition coefficient (Wildman–Crippen LogP) is 5.39. The highest BCUT2D eigenvalue weighted by Crippen LogP contribution is 2.44. The Bertz CT molecular complexity index is 1310. The monoisotopic (exact) mass is 426 g/mol. The number of amides is 1. The fourth-order valence-corrected chi connectivity index (χ4v) is 4.80. The number of carbonyl (C=O) groups excluding carboxylic acids is 2. The number of aromatic nitrogens is 1. The maximum absolute atomic E-state index is 13.4. The summed E-state index contributed by atoms with van der Waals surface area (Å²) in [7, 11) is 0. The van der Waals surface area contributed by atoms with Gasteiger partial charge < -0.3 is 5.11 Å². The number of fused-ring (bicyclic) bond motifs is 1. The van der Waals surface area contributed by atoms with Gasteiger partial charge in [0, 0.05) is 5.56 Å². The van der Waals surface area contributed by atoms with Gasteiger partial charge in [-0.25, -0.2) is 4.98 Å². The quantitative estimate of drug-likeness (QED) is 0.444. The minimum absolute atomic E-state index is 0.0688. The van der Waals surface area contributed by atoms with Crippen LogP contribution in [0.25, 0.3) is 10.2 Å². The summed E-state index contributed by atoms with van der Waals surface area (Å²) in [6, 6.07) is 23.2. The van der Waals surface area contributed by atoms with E-state index < -0.39 is 17.7 Å². The van der Waals surface area contributed by atoms with Gasteiger partial charge in [0.15, 0.2) is 16.7 Å². The molecule has 1 aliphatic heterocycles. The number of hydrogen-bond acceptors (Lipinski definition) is 5. The highest BCUT2D eigenvalue weighted by atomic mass is 32.1.